The number of rotatable bonds is 10. The van der Waals surface area contributed by atoms with E-state index in [4.69, 9.17) is 0 Å². The van der Waals surface area contributed by atoms with Crippen LogP contribution in [0.2, 0.25) is 0 Å². The molecule has 2 aromatic carbocycles. The van der Waals surface area contributed by atoms with Crippen molar-refractivity contribution in [1.82, 2.24) is 4.90 Å². The zero-order valence-corrected chi connectivity index (χ0v) is 22.7. The minimum absolute atomic E-state index is 0.0527. The molecule has 1 heterocycles. The van der Waals surface area contributed by atoms with Gasteiger partial charge >= 0.3 is 5.97 Å². The summed E-state index contributed by atoms with van der Waals surface area (Å²) in [6.45, 7) is 4.50. The monoisotopic (exact) mass is 545 g/mol. The fourth-order valence-electron chi connectivity index (χ4n) is 6.10. The lowest BCUT2D eigenvalue weighted by Crippen LogP contribution is -2.38. The summed E-state index contributed by atoms with van der Waals surface area (Å²) >= 11 is 0. The summed E-state index contributed by atoms with van der Waals surface area (Å²) in [6, 6.07) is 11.7. The number of carboxylic acids is 1. The largest absolute Gasteiger partial charge is 0.478 e. The topological polar surface area (TPSA) is 74.7 Å². The molecule has 1 saturated heterocycles. The molecule has 2 aliphatic rings. The van der Waals surface area contributed by atoms with Crippen LogP contribution in [-0.4, -0.2) is 49.8 Å². The van der Waals surface area contributed by atoms with E-state index in [9.17, 15) is 27.1 Å². The molecule has 1 saturated carbocycles. The summed E-state index contributed by atoms with van der Waals surface area (Å²) in [6.07, 6.45) is 5.04. The molecule has 1 aliphatic heterocycles. The molecule has 4 rings (SSSR count). The first-order valence-corrected chi connectivity index (χ1v) is 15.2. The summed E-state index contributed by atoms with van der Waals surface area (Å²) < 4.78 is 52.5. The zero-order chi connectivity index (χ0) is 27.3. The number of carboxylic acid groups (broad SMARTS) is 1. The van der Waals surface area contributed by atoms with Gasteiger partial charge < -0.3 is 10.0 Å². The first kappa shape index (κ1) is 28.4. The van der Waals surface area contributed by atoms with Gasteiger partial charge in [0.05, 0.1) is 10.6 Å². The van der Waals surface area contributed by atoms with Crippen LogP contribution in [0.5, 0.6) is 0 Å². The fourth-order valence-corrected chi connectivity index (χ4v) is 7.53. The number of piperidine rings is 1. The van der Waals surface area contributed by atoms with Gasteiger partial charge in [0.1, 0.15) is 11.6 Å². The Kier molecular flexibility index (Phi) is 9.36. The van der Waals surface area contributed by atoms with Crippen molar-refractivity contribution in [2.45, 2.75) is 62.7 Å². The van der Waals surface area contributed by atoms with E-state index in [0.717, 1.165) is 50.0 Å². The zero-order valence-electron chi connectivity index (χ0n) is 21.9. The van der Waals surface area contributed by atoms with Gasteiger partial charge in [0.25, 0.3) is 0 Å². The Hall–Kier alpha value is -2.58. The quantitative estimate of drug-likeness (QED) is 0.284. The number of sulfone groups is 1. The van der Waals surface area contributed by atoms with E-state index < -0.39 is 21.6 Å². The molecule has 0 radical (unpaired) electrons. The highest BCUT2D eigenvalue weighted by Gasteiger charge is 2.36. The molecule has 5 nitrogen and oxygen atoms in total. The van der Waals surface area contributed by atoms with E-state index in [1.54, 1.807) is 12.1 Å². The highest BCUT2D eigenvalue weighted by molar-refractivity contribution is 7.91. The molecule has 1 N–H and O–H groups in total. The van der Waals surface area contributed by atoms with Crippen molar-refractivity contribution in [1.29, 1.82) is 0 Å². The summed E-state index contributed by atoms with van der Waals surface area (Å²) in [5.74, 6) is -0.942. The van der Waals surface area contributed by atoms with Gasteiger partial charge in [-0.25, -0.2) is 22.0 Å². The van der Waals surface area contributed by atoms with E-state index in [-0.39, 0.29) is 28.3 Å². The van der Waals surface area contributed by atoms with Crippen LogP contribution >= 0.6 is 0 Å². The normalized spacial score (nSPS) is 22.5. The maximum absolute atomic E-state index is 14.1. The summed E-state index contributed by atoms with van der Waals surface area (Å²) in [5, 5.41) is 9.81. The van der Waals surface area contributed by atoms with Gasteiger partial charge in [0, 0.05) is 12.1 Å². The van der Waals surface area contributed by atoms with Crippen LogP contribution in [-0.2, 0) is 14.6 Å². The third-order valence-corrected chi connectivity index (χ3v) is 9.94. The molecule has 206 valence electrons. The van der Waals surface area contributed by atoms with E-state index >= 15 is 0 Å². The average Bonchev–Trinajstić information content (AvgIpc) is 3.30. The highest BCUT2D eigenvalue weighted by Crippen LogP contribution is 2.45. The fraction of sp³-hybridized carbons (Fsp3) is 0.500. The minimum Gasteiger partial charge on any atom is -0.478 e. The van der Waals surface area contributed by atoms with E-state index in [0.29, 0.717) is 37.2 Å². The number of hydrogen-bond acceptors (Lipinski definition) is 4. The molecular weight excluding hydrogens is 508 g/mol. The third-order valence-electron chi connectivity index (χ3n) is 8.17. The average molecular weight is 546 g/mol. The SMILES string of the molecule is CCC/C(C(=O)O)=C1\CC(CN2CCC(CCS(=O)(=O)c3ccc(F)cc3)CC2)C(c2cccc(F)c2)C1. The molecule has 2 atom stereocenters. The van der Waals surface area contributed by atoms with Crippen LogP contribution in [0, 0.1) is 23.5 Å². The van der Waals surface area contributed by atoms with Crippen molar-refractivity contribution < 1.29 is 27.1 Å². The van der Waals surface area contributed by atoms with Crippen LogP contribution in [0.3, 0.4) is 0 Å². The van der Waals surface area contributed by atoms with Gasteiger partial charge in [0.15, 0.2) is 9.84 Å². The summed E-state index contributed by atoms with van der Waals surface area (Å²) in [7, 11) is -3.44. The lowest BCUT2D eigenvalue weighted by atomic mass is 9.87. The molecule has 1 aliphatic carbocycles. The van der Waals surface area contributed by atoms with Crippen molar-refractivity contribution in [2.75, 3.05) is 25.4 Å². The summed E-state index contributed by atoms with van der Waals surface area (Å²) in [5.41, 5.74) is 2.42. The van der Waals surface area contributed by atoms with Crippen molar-refractivity contribution >= 4 is 15.8 Å². The van der Waals surface area contributed by atoms with Crippen LogP contribution in [0.1, 0.15) is 63.4 Å². The molecule has 0 aromatic heterocycles. The molecule has 2 fully saturated rings. The van der Waals surface area contributed by atoms with Gasteiger partial charge in [-0.15, -0.1) is 0 Å². The standard InChI is InChI=1S/C30H37F2NO4S/c1-2-4-28(30(34)35)23-17-24(29(19-23)22-5-3-6-26(32)18-22)20-33-14-11-21(12-15-33)13-16-38(36,37)27-9-7-25(31)8-10-27/h3,5-10,18,21,24,29H,2,4,11-17,19-20H2,1H3,(H,34,35)/b28-23-. The molecule has 38 heavy (non-hydrogen) atoms. The Morgan fingerprint density at radius 3 is 2.37 bits per heavy atom. The Bertz CT molecular complexity index is 1250. The van der Waals surface area contributed by atoms with E-state index in [1.165, 1.54) is 30.3 Å². The van der Waals surface area contributed by atoms with Crippen LogP contribution in [0.15, 0.2) is 64.6 Å². The van der Waals surface area contributed by atoms with Crippen molar-refractivity contribution in [2.24, 2.45) is 11.8 Å². The van der Waals surface area contributed by atoms with E-state index in [2.05, 4.69) is 4.90 Å². The van der Waals surface area contributed by atoms with Gasteiger partial charge in [-0.1, -0.05) is 31.1 Å². The van der Waals surface area contributed by atoms with Crippen molar-refractivity contribution in [3.63, 3.8) is 0 Å². The Balaban J connectivity index is 1.38. The molecule has 0 spiro atoms. The minimum atomic E-state index is -3.44. The number of hydrogen-bond donors (Lipinski definition) is 1. The smallest absolute Gasteiger partial charge is 0.331 e. The predicted octanol–water partition coefficient (Wildman–Crippen LogP) is 6.22. The molecule has 2 unspecified atom stereocenters. The predicted molar refractivity (Wildman–Crippen MR) is 144 cm³/mol. The van der Waals surface area contributed by atoms with Gasteiger partial charge in [-0.05, 0) is 111 Å². The molecule has 0 bridgehead atoms. The van der Waals surface area contributed by atoms with Crippen LogP contribution in [0.25, 0.3) is 0 Å². The number of aliphatic carboxylic acids is 1. The first-order valence-electron chi connectivity index (χ1n) is 13.6. The van der Waals surface area contributed by atoms with E-state index in [1.807, 2.05) is 13.0 Å². The van der Waals surface area contributed by atoms with Crippen LogP contribution in [0.4, 0.5) is 8.78 Å². The molecular formula is C30H37F2NO4S. The second kappa shape index (κ2) is 12.5. The molecule has 2 aromatic rings. The number of halogens is 2. The number of carbonyl (C=O) groups is 1. The number of benzene rings is 2. The van der Waals surface area contributed by atoms with Gasteiger partial charge in [-0.3, -0.25) is 0 Å². The van der Waals surface area contributed by atoms with Crippen molar-refractivity contribution in [3.8, 4) is 0 Å². The third kappa shape index (κ3) is 7.08. The second-order valence-corrected chi connectivity index (χ2v) is 12.9. The van der Waals surface area contributed by atoms with Gasteiger partial charge in [0.2, 0.25) is 0 Å². The number of nitrogens with zero attached hydrogens (tertiary/aromatic N) is 1. The van der Waals surface area contributed by atoms with Gasteiger partial charge in [-0.2, -0.15) is 0 Å². The maximum atomic E-state index is 14.1. The lowest BCUT2D eigenvalue weighted by Gasteiger charge is -2.35. The van der Waals surface area contributed by atoms with Crippen LogP contribution < -0.4 is 0 Å². The van der Waals surface area contributed by atoms with Crippen molar-refractivity contribution in [3.05, 3.63) is 76.9 Å². The Morgan fingerprint density at radius 2 is 1.74 bits per heavy atom. The highest BCUT2D eigenvalue weighted by atomic mass is 32.2. The summed E-state index contributed by atoms with van der Waals surface area (Å²) in [4.78, 5) is 14.5. The molecule has 0 amide bonds. The second-order valence-electron chi connectivity index (χ2n) is 10.8. The Labute approximate surface area is 224 Å². The lowest BCUT2D eigenvalue weighted by molar-refractivity contribution is -0.132. The maximum Gasteiger partial charge on any atom is 0.331 e. The number of likely N-dealkylation sites (tertiary alicyclic amines) is 1. The Morgan fingerprint density at radius 1 is 1.03 bits per heavy atom. The molecule has 8 heteroatoms. The first-order chi connectivity index (χ1) is 18.2. The number of allylic oxidation sites excluding steroid dienone is 1.